The van der Waals surface area contributed by atoms with Crippen LogP contribution in [0.1, 0.15) is 28.9 Å². The third-order valence-electron chi connectivity index (χ3n) is 5.05. The second kappa shape index (κ2) is 6.68. The molecule has 4 aromatic rings. The van der Waals surface area contributed by atoms with E-state index < -0.39 is 0 Å². The number of aromatic nitrogens is 1. The normalized spacial score (nSPS) is 13.8. The van der Waals surface area contributed by atoms with Crippen molar-refractivity contribution < 1.29 is 13.6 Å². The van der Waals surface area contributed by atoms with Gasteiger partial charge in [0.15, 0.2) is 5.58 Å². The number of amides is 1. The van der Waals surface area contributed by atoms with E-state index in [4.69, 9.17) is 4.42 Å². The van der Waals surface area contributed by atoms with Crippen molar-refractivity contribution in [1.82, 2.24) is 9.88 Å². The molecule has 1 aliphatic carbocycles. The summed E-state index contributed by atoms with van der Waals surface area (Å²) in [5.41, 5.74) is 3.99. The van der Waals surface area contributed by atoms with Crippen LogP contribution >= 0.6 is 0 Å². The maximum Gasteiger partial charge on any atom is 0.268 e. The summed E-state index contributed by atoms with van der Waals surface area (Å²) in [5, 5.41) is 3.06. The first kappa shape index (κ1) is 16.8. The topological polar surface area (TPSA) is 47.2 Å². The molecule has 1 fully saturated rings. The monoisotopic (exact) mass is 374 g/mol. The van der Waals surface area contributed by atoms with E-state index in [1.807, 2.05) is 41.0 Å². The van der Waals surface area contributed by atoms with Crippen LogP contribution < -0.4 is 5.32 Å². The Balaban J connectivity index is 1.58. The zero-order valence-electron chi connectivity index (χ0n) is 15.2. The number of carbonyl (C=O) groups is 1. The molecule has 140 valence electrons. The quantitative estimate of drug-likeness (QED) is 0.535. The number of rotatable bonds is 5. The molecule has 0 saturated heterocycles. The molecule has 5 rings (SSSR count). The SMILES string of the molecule is O=C(NC1CC1)c1cc2oc(-c3ccc(F)cc3)cc2n1Cc1ccccc1. The lowest BCUT2D eigenvalue weighted by Crippen LogP contribution is -2.27. The Labute approximate surface area is 161 Å². The lowest BCUT2D eigenvalue weighted by molar-refractivity contribution is 0.0942. The first-order valence-corrected chi connectivity index (χ1v) is 9.41. The first-order valence-electron chi connectivity index (χ1n) is 9.41. The second-order valence-electron chi connectivity index (χ2n) is 7.22. The minimum Gasteiger partial charge on any atom is -0.454 e. The number of halogens is 1. The predicted molar refractivity (Wildman–Crippen MR) is 106 cm³/mol. The highest BCUT2D eigenvalue weighted by Gasteiger charge is 2.26. The highest BCUT2D eigenvalue weighted by Crippen LogP contribution is 2.31. The van der Waals surface area contributed by atoms with Crippen LogP contribution in [-0.2, 0) is 6.54 Å². The van der Waals surface area contributed by atoms with E-state index in [0.717, 1.165) is 29.5 Å². The standard InChI is InChI=1S/C23H19FN2O2/c24-17-8-6-16(7-9-17)21-12-19-22(28-21)13-20(23(27)25-18-10-11-18)26(19)14-15-4-2-1-3-5-15/h1-9,12-13,18H,10-11,14H2,(H,25,27). The summed E-state index contributed by atoms with van der Waals surface area (Å²) < 4.78 is 21.2. The highest BCUT2D eigenvalue weighted by atomic mass is 19.1. The van der Waals surface area contributed by atoms with Crippen molar-refractivity contribution in [2.45, 2.75) is 25.4 Å². The molecular formula is C23H19FN2O2. The minimum atomic E-state index is -0.285. The molecule has 0 bridgehead atoms. The zero-order valence-corrected chi connectivity index (χ0v) is 15.2. The summed E-state index contributed by atoms with van der Waals surface area (Å²) >= 11 is 0. The Morgan fingerprint density at radius 2 is 1.82 bits per heavy atom. The van der Waals surface area contributed by atoms with E-state index in [0.29, 0.717) is 23.6 Å². The van der Waals surface area contributed by atoms with Crippen LogP contribution in [0.25, 0.3) is 22.4 Å². The Morgan fingerprint density at radius 3 is 2.54 bits per heavy atom. The van der Waals surface area contributed by atoms with Gasteiger partial charge in [0.2, 0.25) is 0 Å². The smallest absolute Gasteiger partial charge is 0.268 e. The second-order valence-corrected chi connectivity index (χ2v) is 7.22. The largest absolute Gasteiger partial charge is 0.454 e. The molecule has 4 nitrogen and oxygen atoms in total. The van der Waals surface area contributed by atoms with E-state index in [-0.39, 0.29) is 17.8 Å². The van der Waals surface area contributed by atoms with Gasteiger partial charge >= 0.3 is 0 Å². The fourth-order valence-electron chi connectivity index (χ4n) is 3.41. The first-order chi connectivity index (χ1) is 13.7. The van der Waals surface area contributed by atoms with Gasteiger partial charge in [-0.05, 0) is 42.7 Å². The number of fused-ring (bicyclic) bond motifs is 1. The molecule has 0 radical (unpaired) electrons. The van der Waals surface area contributed by atoms with Crippen LogP contribution in [0.5, 0.6) is 0 Å². The molecule has 2 aromatic heterocycles. The van der Waals surface area contributed by atoms with Gasteiger partial charge in [0, 0.05) is 30.3 Å². The van der Waals surface area contributed by atoms with Crippen LogP contribution in [0.3, 0.4) is 0 Å². The van der Waals surface area contributed by atoms with Crippen molar-refractivity contribution in [2.24, 2.45) is 0 Å². The zero-order chi connectivity index (χ0) is 19.1. The number of furan rings is 1. The van der Waals surface area contributed by atoms with Crippen LogP contribution in [0.2, 0.25) is 0 Å². The molecule has 0 unspecified atom stereocenters. The van der Waals surface area contributed by atoms with Crippen LogP contribution in [0, 0.1) is 5.82 Å². The molecule has 28 heavy (non-hydrogen) atoms. The molecule has 2 aromatic carbocycles. The van der Waals surface area contributed by atoms with E-state index in [1.165, 1.54) is 12.1 Å². The predicted octanol–water partition coefficient (Wildman–Crippen LogP) is 4.98. The summed E-state index contributed by atoms with van der Waals surface area (Å²) in [6.07, 6.45) is 2.08. The summed E-state index contributed by atoms with van der Waals surface area (Å²) in [5.74, 6) is 0.293. The van der Waals surface area contributed by atoms with Gasteiger partial charge in [-0.1, -0.05) is 30.3 Å². The molecular weight excluding hydrogens is 355 g/mol. The molecule has 0 atom stereocenters. The molecule has 1 aliphatic rings. The molecule has 1 saturated carbocycles. The fourth-order valence-corrected chi connectivity index (χ4v) is 3.41. The Hall–Kier alpha value is -3.34. The molecule has 2 heterocycles. The number of nitrogens with zero attached hydrogens (tertiary/aromatic N) is 1. The lowest BCUT2D eigenvalue weighted by Gasteiger charge is -2.10. The van der Waals surface area contributed by atoms with Crippen molar-refractivity contribution in [2.75, 3.05) is 0 Å². The Bertz CT molecular complexity index is 1140. The van der Waals surface area contributed by atoms with E-state index in [9.17, 15) is 9.18 Å². The third kappa shape index (κ3) is 3.20. The molecule has 0 spiro atoms. The Kier molecular flexibility index (Phi) is 4.01. The Morgan fingerprint density at radius 1 is 1.07 bits per heavy atom. The van der Waals surface area contributed by atoms with E-state index in [2.05, 4.69) is 5.32 Å². The summed E-state index contributed by atoms with van der Waals surface area (Å²) in [4.78, 5) is 12.8. The molecule has 1 N–H and O–H groups in total. The van der Waals surface area contributed by atoms with Gasteiger partial charge in [-0.2, -0.15) is 0 Å². The number of nitrogens with one attached hydrogen (secondary N) is 1. The number of benzene rings is 2. The summed E-state index contributed by atoms with van der Waals surface area (Å²) in [6, 6.07) is 20.2. The van der Waals surface area contributed by atoms with Crippen molar-refractivity contribution in [1.29, 1.82) is 0 Å². The van der Waals surface area contributed by atoms with Crippen LogP contribution in [-0.4, -0.2) is 16.5 Å². The average Bonchev–Trinajstić information content (AvgIpc) is 3.32. The fraction of sp³-hybridized carbons (Fsp3) is 0.174. The van der Waals surface area contributed by atoms with Crippen LogP contribution in [0.4, 0.5) is 4.39 Å². The van der Waals surface area contributed by atoms with Gasteiger partial charge < -0.3 is 14.3 Å². The molecule has 0 aliphatic heterocycles. The maximum absolute atomic E-state index is 13.2. The van der Waals surface area contributed by atoms with Gasteiger partial charge in [0.1, 0.15) is 17.3 Å². The van der Waals surface area contributed by atoms with Gasteiger partial charge in [0.05, 0.1) is 5.52 Å². The summed E-state index contributed by atoms with van der Waals surface area (Å²) in [7, 11) is 0. The number of hydrogen-bond donors (Lipinski definition) is 1. The van der Waals surface area contributed by atoms with Crippen molar-refractivity contribution in [3.8, 4) is 11.3 Å². The van der Waals surface area contributed by atoms with Crippen molar-refractivity contribution in [3.63, 3.8) is 0 Å². The number of hydrogen-bond acceptors (Lipinski definition) is 2. The minimum absolute atomic E-state index is 0.0758. The average molecular weight is 374 g/mol. The highest BCUT2D eigenvalue weighted by molar-refractivity contribution is 5.98. The lowest BCUT2D eigenvalue weighted by atomic mass is 10.2. The summed E-state index contributed by atoms with van der Waals surface area (Å²) in [6.45, 7) is 0.570. The van der Waals surface area contributed by atoms with Gasteiger partial charge in [-0.25, -0.2) is 4.39 Å². The van der Waals surface area contributed by atoms with Crippen LogP contribution in [0.15, 0.2) is 71.1 Å². The van der Waals surface area contributed by atoms with Crippen molar-refractivity contribution in [3.05, 3.63) is 83.8 Å². The third-order valence-corrected chi connectivity index (χ3v) is 5.05. The van der Waals surface area contributed by atoms with Gasteiger partial charge in [0.25, 0.3) is 5.91 Å². The number of carbonyl (C=O) groups excluding carboxylic acids is 1. The van der Waals surface area contributed by atoms with Gasteiger partial charge in [-0.3, -0.25) is 4.79 Å². The van der Waals surface area contributed by atoms with E-state index in [1.54, 1.807) is 18.2 Å². The maximum atomic E-state index is 13.2. The van der Waals surface area contributed by atoms with Crippen molar-refractivity contribution >= 4 is 17.0 Å². The van der Waals surface area contributed by atoms with Gasteiger partial charge in [-0.15, -0.1) is 0 Å². The molecule has 1 amide bonds. The van der Waals surface area contributed by atoms with E-state index >= 15 is 0 Å². The molecule has 5 heteroatoms.